The topological polar surface area (TPSA) is 82.1 Å². The lowest BCUT2D eigenvalue weighted by Crippen LogP contribution is -2.38. The largest absolute Gasteiger partial charge is 0.459 e. The van der Waals surface area contributed by atoms with Gasteiger partial charge in [-0.1, -0.05) is 6.58 Å². The van der Waals surface area contributed by atoms with Crippen molar-refractivity contribution in [2.45, 2.75) is 57.5 Å². The van der Waals surface area contributed by atoms with Gasteiger partial charge in [-0.05, 0) is 26.2 Å². The van der Waals surface area contributed by atoms with Gasteiger partial charge in [0.2, 0.25) is 6.29 Å². The van der Waals surface area contributed by atoms with Crippen LogP contribution in [0.1, 0.15) is 39.0 Å². The molecule has 21 heavy (non-hydrogen) atoms. The van der Waals surface area contributed by atoms with Crippen LogP contribution < -0.4 is 0 Å². The molecule has 1 N–H and O–H groups in total. The lowest BCUT2D eigenvalue weighted by Gasteiger charge is -2.31. The summed E-state index contributed by atoms with van der Waals surface area (Å²) in [5.41, 5.74) is 0.300. The van der Waals surface area contributed by atoms with Crippen LogP contribution in [-0.4, -0.2) is 42.1 Å². The number of hydrogen-bond acceptors (Lipinski definition) is 6. The van der Waals surface area contributed by atoms with Crippen LogP contribution in [-0.2, 0) is 23.8 Å². The van der Waals surface area contributed by atoms with Gasteiger partial charge < -0.3 is 19.3 Å². The van der Waals surface area contributed by atoms with Gasteiger partial charge in [-0.3, -0.25) is 4.79 Å². The maximum atomic E-state index is 12.1. The molecule has 118 valence electrons. The van der Waals surface area contributed by atoms with E-state index in [1.807, 2.05) is 0 Å². The van der Waals surface area contributed by atoms with Crippen LogP contribution in [0, 0.1) is 5.92 Å². The van der Waals surface area contributed by atoms with E-state index in [9.17, 15) is 14.7 Å². The van der Waals surface area contributed by atoms with Gasteiger partial charge in [0.25, 0.3) is 0 Å². The van der Waals surface area contributed by atoms with Crippen LogP contribution in [0.4, 0.5) is 0 Å². The summed E-state index contributed by atoms with van der Waals surface area (Å²) in [7, 11) is 0. The molecular formula is C15H22O6. The standard InChI is InChI=1S/C15H22O6/c1-9(2)14(17)20-12-7-10(6-11(16)8-12)15(18)21-13-4-3-5-19-13/h10-13,16H,1,3-8H2,2H3. The summed E-state index contributed by atoms with van der Waals surface area (Å²) in [6.45, 7) is 5.68. The Labute approximate surface area is 124 Å². The van der Waals surface area contributed by atoms with Crippen LogP contribution >= 0.6 is 0 Å². The molecule has 0 bridgehead atoms. The zero-order chi connectivity index (χ0) is 15.4. The van der Waals surface area contributed by atoms with Crippen molar-refractivity contribution in [2.75, 3.05) is 6.61 Å². The molecule has 0 aromatic rings. The molecule has 0 amide bonds. The molecule has 1 heterocycles. The summed E-state index contributed by atoms with van der Waals surface area (Å²) in [6.07, 6.45) is 0.965. The number of aliphatic hydroxyl groups excluding tert-OH is 1. The third kappa shape index (κ3) is 4.54. The number of ether oxygens (including phenoxy) is 3. The second kappa shape index (κ2) is 7.04. The number of rotatable bonds is 4. The second-order valence-electron chi connectivity index (χ2n) is 5.74. The third-order valence-corrected chi connectivity index (χ3v) is 3.73. The van der Waals surface area contributed by atoms with Crippen molar-refractivity contribution in [1.82, 2.24) is 0 Å². The highest BCUT2D eigenvalue weighted by atomic mass is 16.7. The Kier molecular flexibility index (Phi) is 5.36. The predicted molar refractivity (Wildman–Crippen MR) is 73.1 cm³/mol. The molecule has 2 fully saturated rings. The highest BCUT2D eigenvalue weighted by Crippen LogP contribution is 2.29. The van der Waals surface area contributed by atoms with Crippen LogP contribution in [0.25, 0.3) is 0 Å². The van der Waals surface area contributed by atoms with Crippen LogP contribution in [0.15, 0.2) is 12.2 Å². The average molecular weight is 298 g/mol. The molecule has 2 rings (SSSR count). The normalized spacial score (nSPS) is 32.5. The smallest absolute Gasteiger partial charge is 0.333 e. The lowest BCUT2D eigenvalue weighted by molar-refractivity contribution is -0.180. The molecule has 4 unspecified atom stereocenters. The molecule has 6 heteroatoms. The number of carbonyl (C=O) groups excluding carboxylic acids is 2. The van der Waals surface area contributed by atoms with Crippen molar-refractivity contribution in [3.05, 3.63) is 12.2 Å². The average Bonchev–Trinajstić information content (AvgIpc) is 2.90. The zero-order valence-corrected chi connectivity index (χ0v) is 12.2. The van der Waals surface area contributed by atoms with Crippen LogP contribution in [0.2, 0.25) is 0 Å². The monoisotopic (exact) mass is 298 g/mol. The molecule has 0 radical (unpaired) electrons. The van der Waals surface area contributed by atoms with E-state index in [-0.39, 0.29) is 0 Å². The lowest BCUT2D eigenvalue weighted by atomic mass is 9.85. The summed E-state index contributed by atoms with van der Waals surface area (Å²) >= 11 is 0. The molecule has 2 aliphatic rings. The Morgan fingerprint density at radius 1 is 1.24 bits per heavy atom. The predicted octanol–water partition coefficient (Wildman–Crippen LogP) is 1.32. The molecule has 0 aromatic heterocycles. The zero-order valence-electron chi connectivity index (χ0n) is 12.2. The highest BCUT2D eigenvalue weighted by molar-refractivity contribution is 5.87. The Morgan fingerprint density at radius 2 is 2.00 bits per heavy atom. The fourth-order valence-corrected chi connectivity index (χ4v) is 2.65. The minimum absolute atomic E-state index is 0.300. The van der Waals surface area contributed by atoms with Crippen LogP contribution in [0.3, 0.4) is 0 Å². The Balaban J connectivity index is 1.88. The van der Waals surface area contributed by atoms with Gasteiger partial charge in [0, 0.05) is 18.4 Å². The first-order chi connectivity index (χ1) is 9.95. The number of esters is 2. The molecule has 1 saturated heterocycles. The van der Waals surface area contributed by atoms with Crippen molar-refractivity contribution < 1.29 is 28.9 Å². The van der Waals surface area contributed by atoms with E-state index in [1.165, 1.54) is 0 Å². The maximum Gasteiger partial charge on any atom is 0.333 e. The minimum atomic E-state index is -0.677. The minimum Gasteiger partial charge on any atom is -0.459 e. The summed E-state index contributed by atoms with van der Waals surface area (Å²) in [6, 6.07) is 0. The first kappa shape index (κ1) is 16.0. The molecule has 0 spiro atoms. The number of aliphatic hydroxyl groups is 1. The molecule has 1 aliphatic carbocycles. The van der Waals surface area contributed by atoms with Crippen molar-refractivity contribution in [2.24, 2.45) is 5.92 Å². The van der Waals surface area contributed by atoms with Gasteiger partial charge in [0.15, 0.2) is 0 Å². The highest BCUT2D eigenvalue weighted by Gasteiger charge is 2.36. The third-order valence-electron chi connectivity index (χ3n) is 3.73. The Bertz CT molecular complexity index is 412. The first-order valence-electron chi connectivity index (χ1n) is 7.32. The van der Waals surface area contributed by atoms with Crippen LogP contribution in [0.5, 0.6) is 0 Å². The summed E-state index contributed by atoms with van der Waals surface area (Å²) in [5, 5.41) is 9.86. The molecule has 0 aromatic carbocycles. The van der Waals surface area contributed by atoms with E-state index in [1.54, 1.807) is 6.92 Å². The van der Waals surface area contributed by atoms with Gasteiger partial charge in [-0.15, -0.1) is 0 Å². The fourth-order valence-electron chi connectivity index (χ4n) is 2.65. The van der Waals surface area contributed by atoms with E-state index in [2.05, 4.69) is 6.58 Å². The van der Waals surface area contributed by atoms with E-state index in [4.69, 9.17) is 14.2 Å². The fraction of sp³-hybridized carbons (Fsp3) is 0.733. The van der Waals surface area contributed by atoms with E-state index in [0.29, 0.717) is 37.9 Å². The van der Waals surface area contributed by atoms with Gasteiger partial charge in [0.05, 0.1) is 18.6 Å². The first-order valence-corrected chi connectivity index (χ1v) is 7.32. The van der Waals surface area contributed by atoms with E-state index >= 15 is 0 Å². The number of carbonyl (C=O) groups is 2. The SMILES string of the molecule is C=C(C)C(=O)OC1CC(O)CC(C(=O)OC2CCCO2)C1. The Morgan fingerprint density at radius 3 is 2.62 bits per heavy atom. The quantitative estimate of drug-likeness (QED) is 0.622. The molecule has 6 nitrogen and oxygen atoms in total. The van der Waals surface area contributed by atoms with Crippen molar-refractivity contribution >= 4 is 11.9 Å². The summed E-state index contributed by atoms with van der Waals surface area (Å²) < 4.78 is 15.8. The van der Waals surface area contributed by atoms with E-state index < -0.39 is 36.4 Å². The molecule has 4 atom stereocenters. The summed E-state index contributed by atoms with van der Waals surface area (Å²) in [4.78, 5) is 23.6. The maximum absolute atomic E-state index is 12.1. The molecule has 1 saturated carbocycles. The Hall–Kier alpha value is -1.40. The van der Waals surface area contributed by atoms with Crippen molar-refractivity contribution in [1.29, 1.82) is 0 Å². The molecule has 1 aliphatic heterocycles. The molecular weight excluding hydrogens is 276 g/mol. The van der Waals surface area contributed by atoms with Gasteiger partial charge in [0.1, 0.15) is 6.10 Å². The van der Waals surface area contributed by atoms with Crippen molar-refractivity contribution in [3.8, 4) is 0 Å². The second-order valence-corrected chi connectivity index (χ2v) is 5.74. The van der Waals surface area contributed by atoms with Gasteiger partial charge >= 0.3 is 11.9 Å². The number of hydrogen-bond donors (Lipinski definition) is 1. The van der Waals surface area contributed by atoms with E-state index in [0.717, 1.165) is 6.42 Å². The summed E-state index contributed by atoms with van der Waals surface area (Å²) in [5.74, 6) is -1.36. The van der Waals surface area contributed by atoms with Gasteiger partial charge in [-0.2, -0.15) is 0 Å². The van der Waals surface area contributed by atoms with Crippen molar-refractivity contribution in [3.63, 3.8) is 0 Å². The van der Waals surface area contributed by atoms with Gasteiger partial charge in [-0.25, -0.2) is 4.79 Å².